The second-order valence-corrected chi connectivity index (χ2v) is 5.94. The molecular formula is C14H17Cl2NO. The predicted molar refractivity (Wildman–Crippen MR) is 74.9 cm³/mol. The summed E-state index contributed by atoms with van der Waals surface area (Å²) in [6, 6.07) is 5.54. The molecule has 1 fully saturated rings. The molecule has 1 aliphatic rings. The lowest BCUT2D eigenvalue weighted by atomic mass is 9.70. The summed E-state index contributed by atoms with van der Waals surface area (Å²) < 4.78 is 0. The van der Waals surface area contributed by atoms with E-state index in [1.807, 2.05) is 12.1 Å². The Morgan fingerprint density at radius 1 is 1.17 bits per heavy atom. The number of carbonyl (C=O) groups is 1. The molecule has 2 N–H and O–H groups in total. The number of benzene rings is 1. The maximum absolute atomic E-state index is 11.8. The minimum absolute atomic E-state index is 0.187. The minimum atomic E-state index is -0.393. The number of hydrogen-bond donors (Lipinski definition) is 1. The van der Waals surface area contributed by atoms with Crippen LogP contribution in [-0.4, -0.2) is 5.91 Å². The molecule has 18 heavy (non-hydrogen) atoms. The van der Waals surface area contributed by atoms with E-state index in [-0.39, 0.29) is 5.91 Å². The van der Waals surface area contributed by atoms with E-state index in [0.29, 0.717) is 16.5 Å². The molecule has 1 aromatic carbocycles. The average Bonchev–Trinajstić information content (AvgIpc) is 2.35. The highest BCUT2D eigenvalue weighted by Gasteiger charge is 2.37. The molecule has 0 heterocycles. The van der Waals surface area contributed by atoms with Crippen molar-refractivity contribution in [2.24, 2.45) is 11.1 Å². The van der Waals surface area contributed by atoms with E-state index in [0.717, 1.165) is 31.2 Å². The van der Waals surface area contributed by atoms with Crippen LogP contribution in [0.1, 0.15) is 37.7 Å². The van der Waals surface area contributed by atoms with E-state index in [1.54, 1.807) is 6.07 Å². The summed E-state index contributed by atoms with van der Waals surface area (Å²) in [7, 11) is 0. The van der Waals surface area contributed by atoms with E-state index < -0.39 is 5.41 Å². The van der Waals surface area contributed by atoms with E-state index in [1.165, 1.54) is 6.42 Å². The number of halogens is 2. The summed E-state index contributed by atoms with van der Waals surface area (Å²) in [6.07, 6.45) is 5.76. The van der Waals surface area contributed by atoms with Crippen LogP contribution in [0.5, 0.6) is 0 Å². The van der Waals surface area contributed by atoms with Gasteiger partial charge in [-0.1, -0.05) is 48.5 Å². The zero-order valence-electron chi connectivity index (χ0n) is 10.2. The first-order valence-electron chi connectivity index (χ1n) is 6.27. The summed E-state index contributed by atoms with van der Waals surface area (Å²) in [4.78, 5) is 11.8. The molecule has 1 amide bonds. The SMILES string of the molecule is NC(=O)C1(Cc2ccc(Cl)c(Cl)c2)CCCCC1. The van der Waals surface area contributed by atoms with Gasteiger partial charge in [0.15, 0.2) is 0 Å². The summed E-state index contributed by atoms with van der Waals surface area (Å²) in [5.74, 6) is -0.187. The number of nitrogens with two attached hydrogens (primary N) is 1. The van der Waals surface area contributed by atoms with Gasteiger partial charge in [0.1, 0.15) is 0 Å². The quantitative estimate of drug-likeness (QED) is 0.897. The van der Waals surface area contributed by atoms with E-state index in [9.17, 15) is 4.79 Å². The van der Waals surface area contributed by atoms with Crippen LogP contribution in [0, 0.1) is 5.41 Å². The normalized spacial score (nSPS) is 18.6. The first kappa shape index (κ1) is 13.7. The third-order valence-electron chi connectivity index (χ3n) is 3.86. The van der Waals surface area contributed by atoms with Gasteiger partial charge in [0.2, 0.25) is 5.91 Å². The van der Waals surface area contributed by atoms with Crippen LogP contribution >= 0.6 is 23.2 Å². The molecule has 2 rings (SSSR count). The fraction of sp³-hybridized carbons (Fsp3) is 0.500. The van der Waals surface area contributed by atoms with Crippen molar-refractivity contribution in [3.63, 3.8) is 0 Å². The fourth-order valence-corrected chi connectivity index (χ4v) is 3.10. The van der Waals surface area contributed by atoms with Crippen LogP contribution < -0.4 is 5.73 Å². The van der Waals surface area contributed by atoms with Crippen LogP contribution in [0.4, 0.5) is 0 Å². The number of primary amides is 1. The Hall–Kier alpha value is -0.730. The first-order chi connectivity index (χ1) is 8.53. The number of hydrogen-bond acceptors (Lipinski definition) is 1. The lowest BCUT2D eigenvalue weighted by Crippen LogP contribution is -2.40. The van der Waals surface area contributed by atoms with Gasteiger partial charge in [0.25, 0.3) is 0 Å². The molecule has 0 radical (unpaired) electrons. The third kappa shape index (κ3) is 2.81. The van der Waals surface area contributed by atoms with Gasteiger partial charge in [-0.15, -0.1) is 0 Å². The smallest absolute Gasteiger partial charge is 0.223 e. The Bertz CT molecular complexity index is 453. The van der Waals surface area contributed by atoms with Gasteiger partial charge < -0.3 is 5.73 Å². The maximum atomic E-state index is 11.8. The second-order valence-electron chi connectivity index (χ2n) is 5.13. The summed E-state index contributed by atoms with van der Waals surface area (Å²) in [5, 5.41) is 1.07. The van der Waals surface area contributed by atoms with Crippen LogP contribution in [0.3, 0.4) is 0 Å². The molecule has 1 aliphatic carbocycles. The van der Waals surface area contributed by atoms with Gasteiger partial charge in [-0.3, -0.25) is 4.79 Å². The van der Waals surface area contributed by atoms with Crippen LogP contribution in [-0.2, 0) is 11.2 Å². The molecule has 0 spiro atoms. The molecule has 2 nitrogen and oxygen atoms in total. The largest absolute Gasteiger partial charge is 0.369 e. The lowest BCUT2D eigenvalue weighted by molar-refractivity contribution is -0.129. The summed E-state index contributed by atoms with van der Waals surface area (Å²) >= 11 is 11.9. The predicted octanol–water partition coefficient (Wildman–Crippen LogP) is 3.97. The monoisotopic (exact) mass is 285 g/mol. The summed E-state index contributed by atoms with van der Waals surface area (Å²) in [5.41, 5.74) is 6.26. The third-order valence-corrected chi connectivity index (χ3v) is 4.60. The van der Waals surface area contributed by atoms with Crippen molar-refractivity contribution in [3.8, 4) is 0 Å². The van der Waals surface area contributed by atoms with Crippen molar-refractivity contribution in [1.82, 2.24) is 0 Å². The van der Waals surface area contributed by atoms with E-state index in [2.05, 4.69) is 0 Å². The Morgan fingerprint density at radius 2 is 1.83 bits per heavy atom. The highest BCUT2D eigenvalue weighted by atomic mass is 35.5. The molecule has 98 valence electrons. The Morgan fingerprint density at radius 3 is 2.39 bits per heavy atom. The number of carbonyl (C=O) groups excluding carboxylic acids is 1. The zero-order chi connectivity index (χ0) is 13.2. The number of amides is 1. The van der Waals surface area contributed by atoms with Crippen molar-refractivity contribution < 1.29 is 4.79 Å². The Kier molecular flexibility index (Phi) is 4.18. The van der Waals surface area contributed by atoms with Crippen molar-refractivity contribution in [3.05, 3.63) is 33.8 Å². The Labute approximate surface area is 117 Å². The minimum Gasteiger partial charge on any atom is -0.369 e. The van der Waals surface area contributed by atoms with Crippen molar-refractivity contribution in [2.75, 3.05) is 0 Å². The van der Waals surface area contributed by atoms with Crippen molar-refractivity contribution >= 4 is 29.1 Å². The van der Waals surface area contributed by atoms with Crippen LogP contribution in [0.15, 0.2) is 18.2 Å². The molecule has 1 saturated carbocycles. The average molecular weight is 286 g/mol. The standard InChI is InChI=1S/C14H17Cl2NO/c15-11-5-4-10(8-12(11)16)9-14(13(17)18)6-2-1-3-7-14/h4-5,8H,1-3,6-7,9H2,(H2,17,18). The van der Waals surface area contributed by atoms with E-state index >= 15 is 0 Å². The molecule has 0 saturated heterocycles. The van der Waals surface area contributed by atoms with Gasteiger partial charge in [-0.05, 0) is 37.0 Å². The molecule has 0 unspecified atom stereocenters. The van der Waals surface area contributed by atoms with Gasteiger partial charge in [0.05, 0.1) is 15.5 Å². The van der Waals surface area contributed by atoms with Gasteiger partial charge in [0, 0.05) is 0 Å². The first-order valence-corrected chi connectivity index (χ1v) is 7.03. The van der Waals surface area contributed by atoms with Crippen LogP contribution in [0.2, 0.25) is 10.0 Å². The molecule has 0 atom stereocenters. The zero-order valence-corrected chi connectivity index (χ0v) is 11.7. The molecule has 0 bridgehead atoms. The van der Waals surface area contributed by atoms with E-state index in [4.69, 9.17) is 28.9 Å². The highest BCUT2D eigenvalue weighted by molar-refractivity contribution is 6.42. The molecule has 4 heteroatoms. The molecular weight excluding hydrogens is 269 g/mol. The number of rotatable bonds is 3. The molecule has 1 aromatic rings. The fourth-order valence-electron chi connectivity index (χ4n) is 2.78. The maximum Gasteiger partial charge on any atom is 0.223 e. The molecule has 0 aliphatic heterocycles. The Balaban J connectivity index is 2.23. The van der Waals surface area contributed by atoms with Gasteiger partial charge >= 0.3 is 0 Å². The topological polar surface area (TPSA) is 43.1 Å². The van der Waals surface area contributed by atoms with Crippen molar-refractivity contribution in [1.29, 1.82) is 0 Å². The molecule has 0 aromatic heterocycles. The lowest BCUT2D eigenvalue weighted by Gasteiger charge is -2.34. The van der Waals surface area contributed by atoms with Crippen molar-refractivity contribution in [2.45, 2.75) is 38.5 Å². The van der Waals surface area contributed by atoms with Gasteiger partial charge in [-0.2, -0.15) is 0 Å². The highest BCUT2D eigenvalue weighted by Crippen LogP contribution is 2.39. The van der Waals surface area contributed by atoms with Gasteiger partial charge in [-0.25, -0.2) is 0 Å². The second kappa shape index (κ2) is 5.50. The van der Waals surface area contributed by atoms with Crippen LogP contribution in [0.25, 0.3) is 0 Å². The summed E-state index contributed by atoms with van der Waals surface area (Å²) in [6.45, 7) is 0.